The highest BCUT2D eigenvalue weighted by molar-refractivity contribution is 7.13. The lowest BCUT2D eigenvalue weighted by Crippen LogP contribution is -2.10. The summed E-state index contributed by atoms with van der Waals surface area (Å²) in [5.41, 5.74) is 2.70. The molecule has 0 aliphatic heterocycles. The minimum absolute atomic E-state index is 0.0454. The van der Waals surface area contributed by atoms with E-state index in [0.29, 0.717) is 11.4 Å². The van der Waals surface area contributed by atoms with Crippen molar-refractivity contribution in [2.75, 3.05) is 0 Å². The lowest BCUT2D eigenvalue weighted by molar-refractivity contribution is 0.0691. The van der Waals surface area contributed by atoms with Crippen LogP contribution in [0.15, 0.2) is 23.6 Å². The van der Waals surface area contributed by atoms with E-state index < -0.39 is 5.97 Å². The summed E-state index contributed by atoms with van der Waals surface area (Å²) in [6.07, 6.45) is 2.43. The maximum Gasteiger partial charge on any atom is 0.355 e. The highest BCUT2D eigenvalue weighted by atomic mass is 32.1. The van der Waals surface area contributed by atoms with Gasteiger partial charge >= 0.3 is 5.97 Å². The molecule has 4 nitrogen and oxygen atoms in total. The number of carboxylic acids is 1. The van der Waals surface area contributed by atoms with Gasteiger partial charge in [-0.25, -0.2) is 9.78 Å². The zero-order chi connectivity index (χ0) is 13.4. The summed E-state index contributed by atoms with van der Waals surface area (Å²) in [6, 6.07) is 5.69. The van der Waals surface area contributed by atoms with Crippen LogP contribution in [-0.4, -0.2) is 21.8 Å². The molecule has 2 aromatic rings. The van der Waals surface area contributed by atoms with Gasteiger partial charge in [-0.1, -0.05) is 12.1 Å². The molecule has 0 fully saturated rings. The Hall–Kier alpha value is -2.01. The van der Waals surface area contributed by atoms with Crippen molar-refractivity contribution >= 4 is 23.1 Å². The molecule has 1 heterocycles. The maximum absolute atomic E-state index is 11.9. The van der Waals surface area contributed by atoms with E-state index in [1.165, 1.54) is 16.7 Å². The first-order valence-corrected chi connectivity index (χ1v) is 6.88. The Morgan fingerprint density at radius 2 is 2.16 bits per heavy atom. The summed E-state index contributed by atoms with van der Waals surface area (Å²) in [5.74, 6) is -0.866. The number of aromatic carboxylic acids is 1. The van der Waals surface area contributed by atoms with Crippen LogP contribution in [0.3, 0.4) is 0 Å². The largest absolute Gasteiger partial charge is 0.476 e. The number of hydrogen-bond acceptors (Lipinski definition) is 4. The second kappa shape index (κ2) is 4.59. The fourth-order valence-corrected chi connectivity index (χ4v) is 3.06. The van der Waals surface area contributed by atoms with Gasteiger partial charge < -0.3 is 5.11 Å². The van der Waals surface area contributed by atoms with Crippen LogP contribution in [0, 0.1) is 0 Å². The molecule has 3 rings (SSSR count). The number of ketones is 1. The third-order valence-electron chi connectivity index (χ3n) is 3.23. The van der Waals surface area contributed by atoms with E-state index in [9.17, 15) is 9.59 Å². The van der Waals surface area contributed by atoms with Gasteiger partial charge in [-0.15, -0.1) is 11.3 Å². The van der Waals surface area contributed by atoms with E-state index in [4.69, 9.17) is 5.11 Å². The molecule has 1 aliphatic rings. The van der Waals surface area contributed by atoms with E-state index >= 15 is 0 Å². The monoisotopic (exact) mass is 273 g/mol. The van der Waals surface area contributed by atoms with Gasteiger partial charge in [-0.05, 0) is 24.5 Å². The SMILES string of the molecule is O=C(O)c1csc(-c2ccc3c(c2)C(=O)CCC3)n1. The number of carbonyl (C=O) groups is 2. The summed E-state index contributed by atoms with van der Waals surface area (Å²) in [4.78, 5) is 26.8. The number of aryl methyl sites for hydroxylation is 1. The average Bonchev–Trinajstić information content (AvgIpc) is 2.89. The quantitative estimate of drug-likeness (QED) is 0.913. The molecule has 1 N–H and O–H groups in total. The predicted molar refractivity (Wildman–Crippen MR) is 71.8 cm³/mol. The first-order chi connectivity index (χ1) is 9.15. The first-order valence-electron chi connectivity index (χ1n) is 6.00. The number of nitrogens with zero attached hydrogens (tertiary/aromatic N) is 1. The van der Waals surface area contributed by atoms with E-state index in [0.717, 1.165) is 29.5 Å². The van der Waals surface area contributed by atoms with Crippen molar-refractivity contribution in [3.8, 4) is 10.6 Å². The highest BCUT2D eigenvalue weighted by Gasteiger charge is 2.18. The van der Waals surface area contributed by atoms with Crippen molar-refractivity contribution < 1.29 is 14.7 Å². The van der Waals surface area contributed by atoms with E-state index in [-0.39, 0.29) is 11.5 Å². The number of benzene rings is 1. The lowest BCUT2D eigenvalue weighted by Gasteiger charge is -2.14. The molecule has 1 aliphatic carbocycles. The van der Waals surface area contributed by atoms with Gasteiger partial charge in [-0.3, -0.25) is 4.79 Å². The molecule has 19 heavy (non-hydrogen) atoms. The Morgan fingerprint density at radius 3 is 2.89 bits per heavy atom. The summed E-state index contributed by atoms with van der Waals surface area (Å²) in [6.45, 7) is 0. The second-order valence-electron chi connectivity index (χ2n) is 4.49. The molecule has 1 aromatic carbocycles. The van der Waals surface area contributed by atoms with Gasteiger partial charge in [-0.2, -0.15) is 0 Å². The Kier molecular flexibility index (Phi) is 2.91. The smallest absolute Gasteiger partial charge is 0.355 e. The van der Waals surface area contributed by atoms with Gasteiger partial charge in [0.15, 0.2) is 11.5 Å². The molecule has 0 bridgehead atoms. The maximum atomic E-state index is 11.9. The molecule has 96 valence electrons. The van der Waals surface area contributed by atoms with Gasteiger partial charge in [0, 0.05) is 22.9 Å². The van der Waals surface area contributed by atoms with Gasteiger partial charge in [0.05, 0.1) is 0 Å². The minimum Gasteiger partial charge on any atom is -0.476 e. The molecule has 0 spiro atoms. The number of rotatable bonds is 2. The number of fused-ring (bicyclic) bond motifs is 1. The average molecular weight is 273 g/mol. The van der Waals surface area contributed by atoms with Crippen molar-refractivity contribution in [1.29, 1.82) is 0 Å². The van der Waals surface area contributed by atoms with Gasteiger partial charge in [0.2, 0.25) is 0 Å². The molecular formula is C14H11NO3S. The molecule has 0 radical (unpaired) electrons. The van der Waals surface area contributed by atoms with Crippen LogP contribution in [-0.2, 0) is 6.42 Å². The zero-order valence-electron chi connectivity index (χ0n) is 10.0. The Balaban J connectivity index is 2.03. The first kappa shape index (κ1) is 12.0. The number of Topliss-reactive ketones (excluding diaryl/α,β-unsaturated/α-hetero) is 1. The number of hydrogen-bond donors (Lipinski definition) is 1. The normalized spacial score (nSPS) is 14.2. The number of carboxylic acid groups (broad SMARTS) is 1. The topological polar surface area (TPSA) is 67.3 Å². The van der Waals surface area contributed by atoms with Crippen LogP contribution in [0.25, 0.3) is 10.6 Å². The third kappa shape index (κ3) is 2.17. The van der Waals surface area contributed by atoms with E-state index in [1.807, 2.05) is 18.2 Å². The zero-order valence-corrected chi connectivity index (χ0v) is 10.9. The molecule has 0 saturated carbocycles. The van der Waals surface area contributed by atoms with Crippen LogP contribution >= 0.6 is 11.3 Å². The second-order valence-corrected chi connectivity index (χ2v) is 5.35. The van der Waals surface area contributed by atoms with Crippen LogP contribution in [0.1, 0.15) is 39.3 Å². The van der Waals surface area contributed by atoms with Crippen molar-refractivity contribution in [3.63, 3.8) is 0 Å². The van der Waals surface area contributed by atoms with Crippen LogP contribution < -0.4 is 0 Å². The van der Waals surface area contributed by atoms with Crippen molar-refractivity contribution in [2.45, 2.75) is 19.3 Å². The van der Waals surface area contributed by atoms with Crippen molar-refractivity contribution in [3.05, 3.63) is 40.4 Å². The fourth-order valence-electron chi connectivity index (χ4n) is 2.27. The fraction of sp³-hybridized carbons (Fsp3) is 0.214. The molecule has 5 heteroatoms. The van der Waals surface area contributed by atoms with Gasteiger partial charge in [0.1, 0.15) is 5.01 Å². The van der Waals surface area contributed by atoms with E-state index in [1.54, 1.807) is 0 Å². The third-order valence-corrected chi connectivity index (χ3v) is 4.12. The minimum atomic E-state index is -1.03. The van der Waals surface area contributed by atoms with Crippen LogP contribution in [0.2, 0.25) is 0 Å². The molecule has 0 atom stereocenters. The van der Waals surface area contributed by atoms with Gasteiger partial charge in [0.25, 0.3) is 0 Å². The highest BCUT2D eigenvalue weighted by Crippen LogP contribution is 2.29. The molecular weight excluding hydrogens is 262 g/mol. The van der Waals surface area contributed by atoms with Crippen LogP contribution in [0.4, 0.5) is 0 Å². The standard InChI is InChI=1S/C14H11NO3S/c16-12-3-1-2-8-4-5-9(6-10(8)12)13-15-11(7-19-13)14(17)18/h4-7H,1-3H2,(H,17,18). The number of aromatic nitrogens is 1. The molecule has 0 amide bonds. The summed E-state index contributed by atoms with van der Waals surface area (Å²) in [5, 5.41) is 11.0. The Morgan fingerprint density at radius 1 is 1.32 bits per heavy atom. The summed E-state index contributed by atoms with van der Waals surface area (Å²) in [7, 11) is 0. The molecule has 1 aromatic heterocycles. The van der Waals surface area contributed by atoms with E-state index in [2.05, 4.69) is 4.98 Å². The van der Waals surface area contributed by atoms with Crippen molar-refractivity contribution in [2.24, 2.45) is 0 Å². The van der Waals surface area contributed by atoms with Crippen molar-refractivity contribution in [1.82, 2.24) is 4.98 Å². The number of thiazole rings is 1. The molecule has 0 saturated heterocycles. The Bertz CT molecular complexity index is 675. The summed E-state index contributed by atoms with van der Waals surface area (Å²) >= 11 is 1.28. The Labute approximate surface area is 113 Å². The molecule has 0 unspecified atom stereocenters. The van der Waals surface area contributed by atoms with Crippen LogP contribution in [0.5, 0.6) is 0 Å². The summed E-state index contributed by atoms with van der Waals surface area (Å²) < 4.78 is 0. The predicted octanol–water partition coefficient (Wildman–Crippen LogP) is 3.03. The lowest BCUT2D eigenvalue weighted by atomic mass is 9.89. The number of carbonyl (C=O) groups excluding carboxylic acids is 1.